The number of hydrogen-bond donors (Lipinski definition) is 1. The normalized spacial score (nSPS) is 18.6. The average molecular weight is 564 g/mol. The zero-order valence-corrected chi connectivity index (χ0v) is 21.0. The molecule has 1 aromatic heterocycles. The molecule has 1 N–H and O–H groups in total. The molecule has 1 heterocycles. The standard InChI is InChI=1S/C22H13Cl6N3O2/c23-11-3-10(4-12(24)5-11)19-20(22(19,27)28)21(33)31-13-1-2-16(25)15(6-13)17(32)7-14-8-30-18(26)9-29-14/h1-6,8-9,19-20H,7H2,(H,31,33). The number of amides is 1. The first-order valence-electron chi connectivity index (χ1n) is 9.50. The highest BCUT2D eigenvalue weighted by Gasteiger charge is 2.67. The molecule has 2 atom stereocenters. The summed E-state index contributed by atoms with van der Waals surface area (Å²) in [6, 6.07) is 9.51. The van der Waals surface area contributed by atoms with Crippen molar-refractivity contribution in [1.82, 2.24) is 9.97 Å². The van der Waals surface area contributed by atoms with Crippen molar-refractivity contribution in [3.63, 3.8) is 0 Å². The van der Waals surface area contributed by atoms with Gasteiger partial charge in [0.2, 0.25) is 5.91 Å². The van der Waals surface area contributed by atoms with Crippen LogP contribution in [0.3, 0.4) is 0 Å². The van der Waals surface area contributed by atoms with E-state index in [4.69, 9.17) is 69.6 Å². The summed E-state index contributed by atoms with van der Waals surface area (Å²) < 4.78 is -1.32. The van der Waals surface area contributed by atoms with Gasteiger partial charge in [0.15, 0.2) is 5.78 Å². The minimum atomic E-state index is -1.32. The number of hydrogen-bond acceptors (Lipinski definition) is 4. The Labute approximate surface area is 219 Å². The number of halogens is 6. The van der Waals surface area contributed by atoms with Gasteiger partial charge in [0.25, 0.3) is 0 Å². The van der Waals surface area contributed by atoms with E-state index in [0.29, 0.717) is 27.0 Å². The largest absolute Gasteiger partial charge is 0.326 e. The number of carbonyl (C=O) groups is 2. The average Bonchev–Trinajstić information content (AvgIpc) is 3.32. The second-order valence-electron chi connectivity index (χ2n) is 7.45. The summed E-state index contributed by atoms with van der Waals surface area (Å²) in [4.78, 5) is 33.7. The molecule has 1 saturated carbocycles. The van der Waals surface area contributed by atoms with Gasteiger partial charge in [-0.3, -0.25) is 14.6 Å². The van der Waals surface area contributed by atoms with Crippen LogP contribution in [0, 0.1) is 5.92 Å². The van der Waals surface area contributed by atoms with Crippen molar-refractivity contribution >= 4 is 87.0 Å². The molecule has 0 aliphatic heterocycles. The Bertz CT molecular complexity index is 1230. The second kappa shape index (κ2) is 9.57. The number of anilines is 1. The van der Waals surface area contributed by atoms with E-state index in [2.05, 4.69) is 15.3 Å². The smallest absolute Gasteiger partial charge is 0.231 e. The number of rotatable bonds is 6. The number of benzene rings is 2. The van der Waals surface area contributed by atoms with E-state index in [1.807, 2.05) is 0 Å². The van der Waals surface area contributed by atoms with E-state index in [1.54, 1.807) is 24.3 Å². The Kier molecular flexibility index (Phi) is 7.11. The van der Waals surface area contributed by atoms with Gasteiger partial charge in [-0.15, -0.1) is 23.2 Å². The number of nitrogens with one attached hydrogen (secondary N) is 1. The van der Waals surface area contributed by atoms with Gasteiger partial charge in [-0.25, -0.2) is 4.98 Å². The van der Waals surface area contributed by atoms with Crippen LogP contribution in [0.1, 0.15) is 27.5 Å². The summed E-state index contributed by atoms with van der Waals surface area (Å²) in [6.07, 6.45) is 2.73. The Balaban J connectivity index is 1.50. The lowest BCUT2D eigenvalue weighted by atomic mass is 10.1. The highest BCUT2D eigenvalue weighted by molar-refractivity contribution is 6.53. The fraction of sp³-hybridized carbons (Fsp3) is 0.182. The van der Waals surface area contributed by atoms with Crippen molar-refractivity contribution in [3.05, 3.63) is 85.8 Å². The van der Waals surface area contributed by atoms with Gasteiger partial charge < -0.3 is 5.32 Å². The van der Waals surface area contributed by atoms with Gasteiger partial charge in [0, 0.05) is 27.2 Å². The predicted octanol–water partition coefficient (Wildman–Crippen LogP) is 7.04. The minimum Gasteiger partial charge on any atom is -0.326 e. The summed E-state index contributed by atoms with van der Waals surface area (Å²) in [5, 5.41) is 4.05. The molecule has 170 valence electrons. The number of alkyl halides is 2. The van der Waals surface area contributed by atoms with E-state index in [-0.39, 0.29) is 27.9 Å². The van der Waals surface area contributed by atoms with Gasteiger partial charge in [-0.05, 0) is 42.0 Å². The molecule has 11 heteroatoms. The third-order valence-electron chi connectivity index (χ3n) is 5.13. The molecule has 1 aliphatic carbocycles. The number of nitrogens with zero attached hydrogens (tertiary/aromatic N) is 2. The lowest BCUT2D eigenvalue weighted by Crippen LogP contribution is -2.17. The molecule has 1 fully saturated rings. The van der Waals surface area contributed by atoms with Crippen molar-refractivity contribution in [1.29, 1.82) is 0 Å². The van der Waals surface area contributed by atoms with Crippen molar-refractivity contribution in [2.24, 2.45) is 5.92 Å². The van der Waals surface area contributed by atoms with Crippen molar-refractivity contribution < 1.29 is 9.59 Å². The molecule has 1 aliphatic rings. The quantitative estimate of drug-likeness (QED) is 0.258. The van der Waals surface area contributed by atoms with E-state index in [1.165, 1.54) is 24.5 Å². The zero-order valence-electron chi connectivity index (χ0n) is 16.5. The second-order valence-corrected chi connectivity index (χ2v) is 10.6. The third-order valence-corrected chi connectivity index (χ3v) is 7.03. The van der Waals surface area contributed by atoms with Crippen molar-refractivity contribution in [3.8, 4) is 0 Å². The number of carbonyl (C=O) groups excluding carboxylic acids is 2. The fourth-order valence-electron chi connectivity index (χ4n) is 3.55. The summed E-state index contributed by atoms with van der Waals surface area (Å²) in [5.74, 6) is -1.94. The molecule has 2 aromatic carbocycles. The lowest BCUT2D eigenvalue weighted by molar-refractivity contribution is -0.117. The Morgan fingerprint density at radius 3 is 2.27 bits per heavy atom. The van der Waals surface area contributed by atoms with E-state index >= 15 is 0 Å². The van der Waals surface area contributed by atoms with E-state index in [0.717, 1.165) is 0 Å². The molecule has 0 radical (unpaired) electrons. The summed E-state index contributed by atoms with van der Waals surface area (Å²) in [7, 11) is 0. The maximum Gasteiger partial charge on any atom is 0.231 e. The number of aromatic nitrogens is 2. The van der Waals surface area contributed by atoms with Crippen LogP contribution in [-0.2, 0) is 11.2 Å². The van der Waals surface area contributed by atoms with Crippen LogP contribution >= 0.6 is 69.6 Å². The van der Waals surface area contributed by atoms with Gasteiger partial charge in [-0.2, -0.15) is 0 Å². The maximum absolute atomic E-state index is 12.9. The van der Waals surface area contributed by atoms with Crippen LogP contribution in [-0.4, -0.2) is 26.0 Å². The highest BCUT2D eigenvalue weighted by atomic mass is 35.5. The van der Waals surface area contributed by atoms with Gasteiger partial charge in [0.1, 0.15) is 9.49 Å². The first-order chi connectivity index (χ1) is 15.6. The highest BCUT2D eigenvalue weighted by Crippen LogP contribution is 2.65. The van der Waals surface area contributed by atoms with Crippen LogP contribution in [0.2, 0.25) is 20.2 Å². The van der Waals surface area contributed by atoms with Crippen LogP contribution < -0.4 is 5.32 Å². The molecule has 5 nitrogen and oxygen atoms in total. The lowest BCUT2D eigenvalue weighted by Gasteiger charge is -2.09. The predicted molar refractivity (Wildman–Crippen MR) is 132 cm³/mol. The zero-order chi connectivity index (χ0) is 23.9. The van der Waals surface area contributed by atoms with Gasteiger partial charge in [0.05, 0.1) is 35.4 Å². The number of Topliss-reactive ketones (excluding diaryl/α,β-unsaturated/α-hetero) is 1. The van der Waals surface area contributed by atoms with Gasteiger partial charge in [-0.1, -0.05) is 46.4 Å². The van der Waals surface area contributed by atoms with Crippen LogP contribution in [0.15, 0.2) is 48.8 Å². The monoisotopic (exact) mass is 561 g/mol. The molecule has 0 spiro atoms. The Morgan fingerprint density at radius 1 is 0.939 bits per heavy atom. The van der Waals surface area contributed by atoms with Crippen LogP contribution in [0.5, 0.6) is 0 Å². The van der Waals surface area contributed by atoms with Crippen molar-refractivity contribution in [2.75, 3.05) is 5.32 Å². The summed E-state index contributed by atoms with van der Waals surface area (Å²) in [5.41, 5.74) is 1.69. The topological polar surface area (TPSA) is 72.0 Å². The van der Waals surface area contributed by atoms with E-state index < -0.39 is 22.1 Å². The first-order valence-corrected chi connectivity index (χ1v) is 11.8. The summed E-state index contributed by atoms with van der Waals surface area (Å²) >= 11 is 36.9. The molecule has 4 rings (SSSR count). The third kappa shape index (κ3) is 5.40. The molecule has 0 saturated heterocycles. The molecule has 1 amide bonds. The molecule has 0 bridgehead atoms. The Morgan fingerprint density at radius 2 is 1.64 bits per heavy atom. The molecule has 3 aromatic rings. The molecular weight excluding hydrogens is 551 g/mol. The first kappa shape index (κ1) is 24.5. The minimum absolute atomic E-state index is 0.0337. The summed E-state index contributed by atoms with van der Waals surface area (Å²) in [6.45, 7) is 0. The van der Waals surface area contributed by atoms with Crippen LogP contribution in [0.4, 0.5) is 5.69 Å². The number of ketones is 1. The van der Waals surface area contributed by atoms with E-state index in [9.17, 15) is 9.59 Å². The maximum atomic E-state index is 12.9. The fourth-order valence-corrected chi connectivity index (χ4v) is 5.24. The SMILES string of the molecule is O=C(Cc1cnc(Cl)cn1)c1cc(NC(=O)C2C(c3cc(Cl)cc(Cl)c3)C2(Cl)Cl)ccc1Cl. The van der Waals surface area contributed by atoms with Crippen LogP contribution in [0.25, 0.3) is 0 Å². The molecule has 2 unspecified atom stereocenters. The molecular formula is C22H13Cl6N3O2. The molecule has 33 heavy (non-hydrogen) atoms. The van der Waals surface area contributed by atoms with Gasteiger partial charge >= 0.3 is 0 Å². The Hall–Kier alpha value is -1.60. The van der Waals surface area contributed by atoms with Crippen molar-refractivity contribution in [2.45, 2.75) is 16.7 Å².